The summed E-state index contributed by atoms with van der Waals surface area (Å²) in [6.07, 6.45) is 7.92. The highest BCUT2D eigenvalue weighted by molar-refractivity contribution is 5.83. The third-order valence-corrected chi connectivity index (χ3v) is 3.32. The van der Waals surface area contributed by atoms with E-state index in [-0.39, 0.29) is 0 Å². The monoisotopic (exact) mass is 268 g/mol. The molecule has 0 amide bonds. The number of pyridine rings is 1. The molecule has 0 aliphatic carbocycles. The van der Waals surface area contributed by atoms with Crippen molar-refractivity contribution in [2.75, 3.05) is 18.5 Å². The van der Waals surface area contributed by atoms with Gasteiger partial charge in [0.1, 0.15) is 6.33 Å². The lowest BCUT2D eigenvalue weighted by Gasteiger charge is -2.18. The molecule has 6 nitrogen and oxygen atoms in total. The molecule has 0 aliphatic rings. The second-order valence-electron chi connectivity index (χ2n) is 4.75. The lowest BCUT2D eigenvalue weighted by molar-refractivity contribution is 0.858. The lowest BCUT2D eigenvalue weighted by atomic mass is 10.2. The van der Waals surface area contributed by atoms with Gasteiger partial charge < -0.3 is 9.47 Å². The topological polar surface area (TPSA) is 59.7 Å². The first-order valence-electron chi connectivity index (χ1n) is 6.48. The summed E-state index contributed by atoms with van der Waals surface area (Å²) in [5.41, 5.74) is 2.95. The van der Waals surface area contributed by atoms with Gasteiger partial charge in [0.15, 0.2) is 17.0 Å². The van der Waals surface area contributed by atoms with Gasteiger partial charge in [0.2, 0.25) is 0 Å². The molecule has 0 bridgehead atoms. The van der Waals surface area contributed by atoms with Gasteiger partial charge in [0.05, 0.1) is 6.33 Å². The SMILES string of the molecule is CN(CCc1ccncc1)c1ncnc2c1ncn2C. The van der Waals surface area contributed by atoms with E-state index >= 15 is 0 Å². The zero-order chi connectivity index (χ0) is 13.9. The maximum atomic E-state index is 4.38. The first-order valence-corrected chi connectivity index (χ1v) is 6.48. The van der Waals surface area contributed by atoms with Crippen molar-refractivity contribution in [3.05, 3.63) is 42.7 Å². The number of hydrogen-bond donors (Lipinski definition) is 0. The van der Waals surface area contributed by atoms with Gasteiger partial charge in [-0.15, -0.1) is 0 Å². The van der Waals surface area contributed by atoms with Gasteiger partial charge in [0.25, 0.3) is 0 Å². The minimum Gasteiger partial charge on any atom is -0.357 e. The van der Waals surface area contributed by atoms with E-state index in [0.717, 1.165) is 29.9 Å². The molecule has 102 valence electrons. The molecule has 0 N–H and O–H groups in total. The van der Waals surface area contributed by atoms with Crippen LogP contribution in [0.4, 0.5) is 5.82 Å². The van der Waals surface area contributed by atoms with Gasteiger partial charge in [-0.2, -0.15) is 0 Å². The van der Waals surface area contributed by atoms with E-state index in [9.17, 15) is 0 Å². The third kappa shape index (κ3) is 2.32. The van der Waals surface area contributed by atoms with Gasteiger partial charge in [-0.25, -0.2) is 15.0 Å². The van der Waals surface area contributed by atoms with Gasteiger partial charge >= 0.3 is 0 Å². The van der Waals surface area contributed by atoms with Crippen LogP contribution in [-0.4, -0.2) is 38.1 Å². The second kappa shape index (κ2) is 5.24. The highest BCUT2D eigenvalue weighted by atomic mass is 15.2. The molecule has 0 fully saturated rings. The number of aromatic nitrogens is 5. The van der Waals surface area contributed by atoms with Gasteiger partial charge in [-0.3, -0.25) is 4.98 Å². The van der Waals surface area contributed by atoms with Crippen LogP contribution in [0, 0.1) is 0 Å². The van der Waals surface area contributed by atoms with Gasteiger partial charge in [-0.05, 0) is 24.1 Å². The molecule has 0 atom stereocenters. The fourth-order valence-corrected chi connectivity index (χ4v) is 2.16. The average Bonchev–Trinajstić information content (AvgIpc) is 2.87. The molecule has 0 aliphatic heterocycles. The zero-order valence-electron chi connectivity index (χ0n) is 11.6. The third-order valence-electron chi connectivity index (χ3n) is 3.32. The van der Waals surface area contributed by atoms with Crippen molar-refractivity contribution >= 4 is 17.0 Å². The molecule has 0 radical (unpaired) electrons. The molecular weight excluding hydrogens is 252 g/mol. The first kappa shape index (κ1) is 12.5. The van der Waals surface area contributed by atoms with Crippen molar-refractivity contribution in [3.63, 3.8) is 0 Å². The predicted octanol–water partition coefficient (Wildman–Crippen LogP) is 1.44. The van der Waals surface area contributed by atoms with Crippen LogP contribution in [0.1, 0.15) is 5.56 Å². The molecule has 0 spiro atoms. The number of hydrogen-bond acceptors (Lipinski definition) is 5. The van der Waals surface area contributed by atoms with Crippen LogP contribution in [0.5, 0.6) is 0 Å². The summed E-state index contributed by atoms with van der Waals surface area (Å²) in [6, 6.07) is 4.06. The number of rotatable bonds is 4. The van der Waals surface area contributed by atoms with Crippen molar-refractivity contribution < 1.29 is 0 Å². The normalized spacial score (nSPS) is 10.9. The summed E-state index contributed by atoms with van der Waals surface area (Å²) in [4.78, 5) is 19.1. The minimum atomic E-state index is 0.840. The van der Waals surface area contributed by atoms with E-state index in [1.165, 1.54) is 5.56 Å². The van der Waals surface area contributed by atoms with Gasteiger partial charge in [-0.1, -0.05) is 0 Å². The van der Waals surface area contributed by atoms with E-state index in [1.54, 1.807) is 12.7 Å². The molecule has 0 saturated heterocycles. The Balaban J connectivity index is 1.80. The number of anilines is 1. The van der Waals surface area contributed by atoms with E-state index < -0.39 is 0 Å². The van der Waals surface area contributed by atoms with Crippen LogP contribution >= 0.6 is 0 Å². The van der Waals surface area contributed by atoms with Crippen LogP contribution < -0.4 is 4.90 Å². The maximum Gasteiger partial charge on any atom is 0.165 e. The summed E-state index contributed by atoms with van der Waals surface area (Å²) in [7, 11) is 3.96. The van der Waals surface area contributed by atoms with Crippen LogP contribution in [0.25, 0.3) is 11.2 Å². The number of nitrogens with zero attached hydrogens (tertiary/aromatic N) is 6. The Kier molecular flexibility index (Phi) is 3.28. The molecule has 3 aromatic heterocycles. The maximum absolute atomic E-state index is 4.38. The second-order valence-corrected chi connectivity index (χ2v) is 4.75. The molecule has 20 heavy (non-hydrogen) atoms. The fraction of sp³-hybridized carbons (Fsp3) is 0.286. The Hall–Kier alpha value is -2.50. The summed E-state index contributed by atoms with van der Waals surface area (Å²) in [6.45, 7) is 0.868. The van der Waals surface area contributed by atoms with Crippen LogP contribution in [0.2, 0.25) is 0 Å². The van der Waals surface area contributed by atoms with Crippen molar-refractivity contribution in [1.29, 1.82) is 0 Å². The Morgan fingerprint density at radius 3 is 2.75 bits per heavy atom. The first-order chi connectivity index (χ1) is 9.75. The molecular formula is C14H16N6. The van der Waals surface area contributed by atoms with E-state index in [4.69, 9.17) is 0 Å². The van der Waals surface area contributed by atoms with E-state index in [0.29, 0.717) is 0 Å². The lowest BCUT2D eigenvalue weighted by Crippen LogP contribution is -2.22. The Morgan fingerprint density at radius 2 is 1.95 bits per heavy atom. The Labute approximate surface area is 117 Å². The summed E-state index contributed by atoms with van der Waals surface area (Å²) < 4.78 is 1.90. The average molecular weight is 268 g/mol. The largest absolute Gasteiger partial charge is 0.357 e. The van der Waals surface area contributed by atoms with Gasteiger partial charge in [0, 0.05) is 33.0 Å². The van der Waals surface area contributed by atoms with Crippen LogP contribution in [0.15, 0.2) is 37.2 Å². The molecule has 0 saturated carbocycles. The molecule has 6 heteroatoms. The Bertz CT molecular complexity index is 706. The summed E-state index contributed by atoms with van der Waals surface area (Å²) in [5, 5.41) is 0. The molecule has 0 unspecified atom stereocenters. The molecule has 3 rings (SSSR count). The number of likely N-dealkylation sites (N-methyl/N-ethyl adjacent to an activating group) is 1. The quantitative estimate of drug-likeness (QED) is 0.716. The van der Waals surface area contributed by atoms with Crippen molar-refractivity contribution in [3.8, 4) is 0 Å². The van der Waals surface area contributed by atoms with Crippen LogP contribution in [0.3, 0.4) is 0 Å². The van der Waals surface area contributed by atoms with Crippen molar-refractivity contribution in [2.24, 2.45) is 7.05 Å². The standard InChI is InChI=1S/C14H16N6/c1-19(8-5-11-3-6-15-7-4-11)13-12-14(17-9-16-13)20(2)10-18-12/h3-4,6-7,9-10H,5,8H2,1-2H3. The molecule has 3 heterocycles. The van der Waals surface area contributed by atoms with Crippen molar-refractivity contribution in [1.82, 2.24) is 24.5 Å². The number of fused-ring (bicyclic) bond motifs is 1. The zero-order valence-corrected chi connectivity index (χ0v) is 11.6. The van der Waals surface area contributed by atoms with E-state index in [1.807, 2.05) is 43.2 Å². The summed E-state index contributed by atoms with van der Waals surface area (Å²) >= 11 is 0. The minimum absolute atomic E-state index is 0.840. The summed E-state index contributed by atoms with van der Waals surface area (Å²) in [5.74, 6) is 0.865. The van der Waals surface area contributed by atoms with Crippen molar-refractivity contribution in [2.45, 2.75) is 6.42 Å². The molecule has 0 aromatic carbocycles. The fourth-order valence-electron chi connectivity index (χ4n) is 2.16. The molecule has 3 aromatic rings. The predicted molar refractivity (Wildman–Crippen MR) is 77.5 cm³/mol. The smallest absolute Gasteiger partial charge is 0.165 e. The highest BCUT2D eigenvalue weighted by Crippen LogP contribution is 2.19. The highest BCUT2D eigenvalue weighted by Gasteiger charge is 2.12. The van der Waals surface area contributed by atoms with E-state index in [2.05, 4.69) is 24.8 Å². The number of aryl methyl sites for hydroxylation is 1. The Morgan fingerprint density at radius 1 is 1.15 bits per heavy atom. The van der Waals surface area contributed by atoms with Crippen LogP contribution in [-0.2, 0) is 13.5 Å². The number of imidazole rings is 1.